The SMILES string of the molecule is CCc1ccc(CCOc2ccc(C[C@H](N)C(=O)O)cc2)nc1. The minimum absolute atomic E-state index is 0.309. The highest BCUT2D eigenvalue weighted by Crippen LogP contribution is 2.14. The number of pyridine rings is 1. The van der Waals surface area contributed by atoms with Crippen molar-refractivity contribution in [2.75, 3.05) is 6.61 Å². The lowest BCUT2D eigenvalue weighted by Gasteiger charge is -2.09. The van der Waals surface area contributed by atoms with E-state index in [1.807, 2.05) is 36.5 Å². The predicted molar refractivity (Wildman–Crippen MR) is 88.6 cm³/mol. The summed E-state index contributed by atoms with van der Waals surface area (Å²) in [5, 5.41) is 8.80. The lowest BCUT2D eigenvalue weighted by molar-refractivity contribution is -0.138. The first-order valence-electron chi connectivity index (χ1n) is 7.72. The maximum Gasteiger partial charge on any atom is 0.320 e. The zero-order valence-corrected chi connectivity index (χ0v) is 13.2. The van der Waals surface area contributed by atoms with Crippen molar-refractivity contribution in [3.05, 3.63) is 59.4 Å². The van der Waals surface area contributed by atoms with E-state index in [2.05, 4.69) is 18.0 Å². The van der Waals surface area contributed by atoms with Crippen LogP contribution in [0.2, 0.25) is 0 Å². The molecule has 2 aromatic rings. The largest absolute Gasteiger partial charge is 0.493 e. The molecular weight excluding hydrogens is 292 g/mol. The topological polar surface area (TPSA) is 85.4 Å². The van der Waals surface area contributed by atoms with Crippen LogP contribution < -0.4 is 10.5 Å². The normalized spacial score (nSPS) is 11.9. The zero-order chi connectivity index (χ0) is 16.7. The zero-order valence-electron chi connectivity index (χ0n) is 13.2. The number of aromatic nitrogens is 1. The fourth-order valence-electron chi connectivity index (χ4n) is 2.15. The molecule has 3 N–H and O–H groups in total. The van der Waals surface area contributed by atoms with Crippen LogP contribution in [0.5, 0.6) is 5.75 Å². The van der Waals surface area contributed by atoms with Crippen molar-refractivity contribution in [1.82, 2.24) is 4.98 Å². The number of carboxylic acids is 1. The van der Waals surface area contributed by atoms with Crippen LogP contribution in [-0.4, -0.2) is 28.7 Å². The van der Waals surface area contributed by atoms with Gasteiger partial charge in [-0.3, -0.25) is 9.78 Å². The number of nitrogens with two attached hydrogens (primary N) is 1. The van der Waals surface area contributed by atoms with E-state index < -0.39 is 12.0 Å². The minimum Gasteiger partial charge on any atom is -0.493 e. The quantitative estimate of drug-likeness (QED) is 0.780. The Kier molecular flexibility index (Phi) is 6.11. The summed E-state index contributed by atoms with van der Waals surface area (Å²) >= 11 is 0. The van der Waals surface area contributed by atoms with Crippen LogP contribution in [0.1, 0.15) is 23.7 Å². The average molecular weight is 314 g/mol. The summed E-state index contributed by atoms with van der Waals surface area (Å²) in [6, 6.07) is 10.6. The second-order valence-corrected chi connectivity index (χ2v) is 5.40. The Labute approximate surface area is 136 Å². The summed E-state index contributed by atoms with van der Waals surface area (Å²) in [5.74, 6) is -0.241. The molecule has 0 aliphatic carbocycles. The fourth-order valence-corrected chi connectivity index (χ4v) is 2.15. The van der Waals surface area contributed by atoms with Crippen molar-refractivity contribution >= 4 is 5.97 Å². The monoisotopic (exact) mass is 314 g/mol. The van der Waals surface area contributed by atoms with Crippen molar-refractivity contribution < 1.29 is 14.6 Å². The lowest BCUT2D eigenvalue weighted by atomic mass is 10.1. The number of aryl methyl sites for hydroxylation is 1. The van der Waals surface area contributed by atoms with Gasteiger partial charge in [0.15, 0.2) is 0 Å². The molecule has 5 nitrogen and oxygen atoms in total. The number of benzene rings is 1. The van der Waals surface area contributed by atoms with E-state index in [4.69, 9.17) is 15.6 Å². The Morgan fingerprint density at radius 3 is 2.48 bits per heavy atom. The van der Waals surface area contributed by atoms with Gasteiger partial charge in [-0.25, -0.2) is 0 Å². The molecule has 0 fully saturated rings. The average Bonchev–Trinajstić information content (AvgIpc) is 2.57. The van der Waals surface area contributed by atoms with Crippen molar-refractivity contribution in [2.24, 2.45) is 5.73 Å². The molecule has 1 aromatic heterocycles. The van der Waals surface area contributed by atoms with E-state index in [0.29, 0.717) is 13.0 Å². The number of nitrogens with zero attached hydrogens (tertiary/aromatic N) is 1. The van der Waals surface area contributed by atoms with Crippen molar-refractivity contribution in [3.8, 4) is 5.75 Å². The Hall–Kier alpha value is -2.40. The highest BCUT2D eigenvalue weighted by atomic mass is 16.5. The molecule has 0 aliphatic heterocycles. The van der Waals surface area contributed by atoms with Gasteiger partial charge in [-0.05, 0) is 42.2 Å². The van der Waals surface area contributed by atoms with E-state index in [1.165, 1.54) is 5.56 Å². The summed E-state index contributed by atoms with van der Waals surface area (Å²) in [6.45, 7) is 2.65. The van der Waals surface area contributed by atoms with Gasteiger partial charge in [0.25, 0.3) is 0 Å². The van der Waals surface area contributed by atoms with Gasteiger partial charge >= 0.3 is 5.97 Å². The molecule has 0 radical (unpaired) electrons. The molecule has 0 amide bonds. The first kappa shape index (κ1) is 17.0. The summed E-state index contributed by atoms with van der Waals surface area (Å²) in [6.07, 6.45) is 3.94. The number of hydrogen-bond acceptors (Lipinski definition) is 4. The number of hydrogen-bond donors (Lipinski definition) is 2. The molecule has 1 heterocycles. The second-order valence-electron chi connectivity index (χ2n) is 5.40. The molecule has 0 unspecified atom stereocenters. The summed E-state index contributed by atoms with van der Waals surface area (Å²) in [5.41, 5.74) is 8.63. The molecule has 5 heteroatoms. The molecule has 0 aliphatic rings. The molecule has 1 aromatic carbocycles. The number of ether oxygens (including phenoxy) is 1. The fraction of sp³-hybridized carbons (Fsp3) is 0.333. The van der Waals surface area contributed by atoms with E-state index in [9.17, 15) is 4.79 Å². The van der Waals surface area contributed by atoms with Gasteiger partial charge in [0.1, 0.15) is 11.8 Å². The first-order chi connectivity index (χ1) is 11.1. The van der Waals surface area contributed by atoms with E-state index in [1.54, 1.807) is 0 Å². The minimum atomic E-state index is -0.994. The van der Waals surface area contributed by atoms with Gasteiger partial charge in [0.05, 0.1) is 6.61 Å². The van der Waals surface area contributed by atoms with Gasteiger partial charge in [-0.1, -0.05) is 25.1 Å². The molecule has 1 atom stereocenters. The highest BCUT2D eigenvalue weighted by molar-refractivity contribution is 5.73. The standard InChI is InChI=1S/C18H22N2O3/c1-2-13-3-6-15(20-12-13)9-10-23-16-7-4-14(5-8-16)11-17(19)18(21)22/h3-8,12,17H,2,9-11,19H2,1H3,(H,21,22)/t17-/m0/s1. The number of aliphatic carboxylic acids is 1. The maximum atomic E-state index is 10.7. The number of carboxylic acid groups (broad SMARTS) is 1. The smallest absolute Gasteiger partial charge is 0.320 e. The maximum absolute atomic E-state index is 10.7. The number of rotatable bonds is 8. The van der Waals surface area contributed by atoms with Crippen LogP contribution in [0.15, 0.2) is 42.6 Å². The van der Waals surface area contributed by atoms with Crippen LogP contribution in [0.25, 0.3) is 0 Å². The third-order valence-electron chi connectivity index (χ3n) is 3.62. The molecule has 122 valence electrons. The number of carbonyl (C=O) groups is 1. The molecule has 0 bridgehead atoms. The van der Waals surface area contributed by atoms with Gasteiger partial charge in [-0.15, -0.1) is 0 Å². The Morgan fingerprint density at radius 2 is 1.91 bits per heavy atom. The second kappa shape index (κ2) is 8.29. The Balaban J connectivity index is 1.80. The Morgan fingerprint density at radius 1 is 1.22 bits per heavy atom. The summed E-state index contributed by atoms with van der Waals surface area (Å²) in [7, 11) is 0. The van der Waals surface area contributed by atoms with Crippen LogP contribution in [0.3, 0.4) is 0 Å². The predicted octanol–water partition coefficient (Wildman–Crippen LogP) is 2.22. The summed E-state index contributed by atoms with van der Waals surface area (Å²) in [4.78, 5) is 15.1. The molecule has 0 saturated heterocycles. The lowest BCUT2D eigenvalue weighted by Crippen LogP contribution is -2.32. The summed E-state index contributed by atoms with van der Waals surface area (Å²) < 4.78 is 5.69. The third-order valence-corrected chi connectivity index (χ3v) is 3.62. The van der Waals surface area contributed by atoms with Gasteiger partial charge in [0, 0.05) is 18.3 Å². The van der Waals surface area contributed by atoms with Crippen LogP contribution >= 0.6 is 0 Å². The van der Waals surface area contributed by atoms with E-state index in [-0.39, 0.29) is 0 Å². The van der Waals surface area contributed by atoms with Crippen LogP contribution in [0, 0.1) is 0 Å². The van der Waals surface area contributed by atoms with E-state index in [0.717, 1.165) is 29.8 Å². The van der Waals surface area contributed by atoms with Gasteiger partial charge in [-0.2, -0.15) is 0 Å². The van der Waals surface area contributed by atoms with E-state index >= 15 is 0 Å². The molecular formula is C18H22N2O3. The highest BCUT2D eigenvalue weighted by Gasteiger charge is 2.11. The van der Waals surface area contributed by atoms with Crippen LogP contribution in [0.4, 0.5) is 0 Å². The first-order valence-corrected chi connectivity index (χ1v) is 7.72. The molecule has 0 saturated carbocycles. The van der Waals surface area contributed by atoms with Gasteiger partial charge < -0.3 is 15.6 Å². The van der Waals surface area contributed by atoms with Gasteiger partial charge in [0.2, 0.25) is 0 Å². The van der Waals surface area contributed by atoms with Crippen molar-refractivity contribution in [2.45, 2.75) is 32.2 Å². The Bertz CT molecular complexity index is 624. The van der Waals surface area contributed by atoms with Crippen LogP contribution in [-0.2, 0) is 24.1 Å². The van der Waals surface area contributed by atoms with Crippen molar-refractivity contribution in [3.63, 3.8) is 0 Å². The molecule has 23 heavy (non-hydrogen) atoms. The molecule has 2 rings (SSSR count). The molecule has 0 spiro atoms. The third kappa shape index (κ3) is 5.38. The van der Waals surface area contributed by atoms with Crippen molar-refractivity contribution in [1.29, 1.82) is 0 Å².